The van der Waals surface area contributed by atoms with Crippen molar-refractivity contribution in [3.05, 3.63) is 12.2 Å². The highest BCUT2D eigenvalue weighted by Crippen LogP contribution is 2.48. The fourth-order valence-corrected chi connectivity index (χ4v) is 23.0. The molecule has 0 aliphatic carbocycles. The lowest BCUT2D eigenvalue weighted by Crippen LogP contribution is -2.59. The van der Waals surface area contributed by atoms with Crippen LogP contribution in [0.3, 0.4) is 0 Å². The molecule has 0 bridgehead atoms. The third-order valence-corrected chi connectivity index (χ3v) is 24.6. The van der Waals surface area contributed by atoms with E-state index < -0.39 is 28.1 Å². The van der Waals surface area contributed by atoms with Gasteiger partial charge in [0.25, 0.3) is 0 Å². The predicted octanol–water partition coefficient (Wildman–Crippen LogP) is 9.11. The van der Waals surface area contributed by atoms with Gasteiger partial charge in [-0.15, -0.1) is 0 Å². The summed E-state index contributed by atoms with van der Waals surface area (Å²) in [6.07, 6.45) is 2.58. The molecule has 0 amide bonds. The van der Waals surface area contributed by atoms with Gasteiger partial charge in [0.05, 0.1) is 11.5 Å². The second kappa shape index (κ2) is 14.3. The smallest absolute Gasteiger partial charge is 0.330 e. The molecule has 2 unspecified atom stereocenters. The van der Waals surface area contributed by atoms with Crippen LogP contribution in [-0.2, 0) is 19.1 Å². The summed E-state index contributed by atoms with van der Waals surface area (Å²) in [5.74, 6) is -0.446. The monoisotopic (exact) mass is 540 g/mol. The molecule has 2 atom stereocenters. The molecule has 0 rings (SSSR count). The molecule has 0 fully saturated rings. The summed E-state index contributed by atoms with van der Waals surface area (Å²) in [5, 5.41) is 0. The van der Waals surface area contributed by atoms with Gasteiger partial charge in [0.1, 0.15) is 16.1 Å². The van der Waals surface area contributed by atoms with Crippen molar-refractivity contribution in [1.29, 1.82) is 0 Å². The van der Waals surface area contributed by atoms with Crippen LogP contribution in [-0.4, -0.2) is 39.5 Å². The van der Waals surface area contributed by atoms with Crippen molar-refractivity contribution in [2.45, 2.75) is 155 Å². The number of hydrogen-bond acceptors (Lipinski definition) is 4. The van der Waals surface area contributed by atoms with Crippen LogP contribution in [0.25, 0.3) is 0 Å². The third-order valence-electron chi connectivity index (χ3n) is 9.04. The van der Waals surface area contributed by atoms with E-state index in [0.717, 1.165) is 0 Å². The Hall–Kier alpha value is -0.886. The Morgan fingerprint density at radius 1 is 0.444 bits per heavy atom. The van der Waals surface area contributed by atoms with E-state index in [2.05, 4.69) is 111 Å². The van der Waals surface area contributed by atoms with Crippen LogP contribution in [0, 0.1) is 11.8 Å². The van der Waals surface area contributed by atoms with Crippen LogP contribution in [0.1, 0.15) is 111 Å². The zero-order valence-electron chi connectivity index (χ0n) is 26.6. The molecule has 0 spiro atoms. The van der Waals surface area contributed by atoms with E-state index in [1.807, 2.05) is 0 Å². The third kappa shape index (κ3) is 7.36. The molecule has 0 saturated carbocycles. The number of esters is 2. The van der Waals surface area contributed by atoms with E-state index in [-0.39, 0.29) is 23.3 Å². The number of rotatable bonds is 14. The maximum absolute atomic E-state index is 13.0. The lowest BCUT2D eigenvalue weighted by molar-refractivity contribution is -0.144. The molecular weight excluding hydrogens is 480 g/mol. The maximum atomic E-state index is 13.0. The van der Waals surface area contributed by atoms with E-state index in [1.165, 1.54) is 12.2 Å². The van der Waals surface area contributed by atoms with Crippen molar-refractivity contribution >= 4 is 28.1 Å². The Morgan fingerprint density at radius 3 is 0.778 bits per heavy atom. The largest absolute Gasteiger partial charge is 0.463 e. The maximum Gasteiger partial charge on any atom is 0.330 e. The highest BCUT2D eigenvalue weighted by atomic mass is 28.3. The van der Waals surface area contributed by atoms with Crippen molar-refractivity contribution in [3.63, 3.8) is 0 Å². The number of carbonyl (C=O) groups is 2. The Kier molecular flexibility index (Phi) is 14.0. The van der Waals surface area contributed by atoms with Gasteiger partial charge in [-0.25, -0.2) is 9.59 Å². The van der Waals surface area contributed by atoms with Crippen molar-refractivity contribution in [2.24, 2.45) is 11.8 Å². The van der Waals surface area contributed by atoms with Crippen molar-refractivity contribution in [3.8, 4) is 0 Å². The molecule has 0 saturated heterocycles. The van der Waals surface area contributed by atoms with Gasteiger partial charge in [0.15, 0.2) is 0 Å². The van der Waals surface area contributed by atoms with Gasteiger partial charge in [-0.3, -0.25) is 0 Å². The Labute approximate surface area is 226 Å². The fourth-order valence-electron chi connectivity index (χ4n) is 8.07. The van der Waals surface area contributed by atoms with Gasteiger partial charge >= 0.3 is 11.9 Å². The van der Waals surface area contributed by atoms with Crippen molar-refractivity contribution in [2.75, 3.05) is 0 Å². The van der Waals surface area contributed by atoms with Gasteiger partial charge in [0, 0.05) is 12.2 Å². The first kappa shape index (κ1) is 35.1. The standard InChI is InChI=1S/C30H60O4Si2/c1-19(2)29(35(21(5)6,22(7)8)23(9)10)33-27(31)17-18-28(32)34-30(20(3)4)36(24(11)12,25(13)14)26(15)16/h17-26,29-30H,1-16H3/b18-17-. The molecule has 0 N–H and O–H groups in total. The van der Waals surface area contributed by atoms with E-state index in [9.17, 15) is 9.59 Å². The van der Waals surface area contributed by atoms with Crippen LogP contribution < -0.4 is 0 Å². The zero-order valence-corrected chi connectivity index (χ0v) is 28.6. The van der Waals surface area contributed by atoms with Crippen LogP contribution in [0.4, 0.5) is 0 Å². The molecule has 0 aromatic carbocycles. The highest BCUT2D eigenvalue weighted by Gasteiger charge is 2.53. The van der Waals surface area contributed by atoms with Gasteiger partial charge in [-0.1, -0.05) is 111 Å². The molecule has 36 heavy (non-hydrogen) atoms. The number of carbonyl (C=O) groups excluding carboxylic acids is 2. The topological polar surface area (TPSA) is 52.6 Å². The van der Waals surface area contributed by atoms with Gasteiger partial charge in [-0.05, 0) is 45.1 Å². The molecule has 212 valence electrons. The second-order valence-electron chi connectivity index (χ2n) is 13.5. The van der Waals surface area contributed by atoms with E-state index in [0.29, 0.717) is 33.2 Å². The lowest BCUT2D eigenvalue weighted by Gasteiger charge is -2.49. The van der Waals surface area contributed by atoms with E-state index >= 15 is 0 Å². The second-order valence-corrected chi connectivity index (χ2v) is 25.5. The molecule has 0 heterocycles. The number of hydrogen-bond donors (Lipinski definition) is 0. The molecule has 0 aromatic heterocycles. The van der Waals surface area contributed by atoms with E-state index in [4.69, 9.17) is 9.47 Å². The summed E-state index contributed by atoms with van der Waals surface area (Å²) in [4.78, 5) is 26.1. The minimum atomic E-state index is -2.03. The van der Waals surface area contributed by atoms with Crippen LogP contribution >= 0.6 is 0 Å². The zero-order chi connectivity index (χ0) is 28.8. The molecule has 0 aliphatic rings. The normalized spacial score (nSPS) is 15.4. The van der Waals surface area contributed by atoms with Gasteiger partial charge < -0.3 is 9.47 Å². The van der Waals surface area contributed by atoms with Gasteiger partial charge in [-0.2, -0.15) is 0 Å². The summed E-state index contributed by atoms with van der Waals surface area (Å²) in [6, 6.07) is 0. The molecule has 0 radical (unpaired) electrons. The molecule has 6 heteroatoms. The van der Waals surface area contributed by atoms with Gasteiger partial charge in [0.2, 0.25) is 0 Å². The molecule has 4 nitrogen and oxygen atoms in total. The quantitative estimate of drug-likeness (QED) is 0.125. The van der Waals surface area contributed by atoms with Crippen LogP contribution in [0.2, 0.25) is 33.2 Å². The minimum absolute atomic E-state index is 0.114. The fraction of sp³-hybridized carbons (Fsp3) is 0.867. The first-order valence-corrected chi connectivity index (χ1v) is 19.0. The number of ether oxygens (including phenoxy) is 2. The highest BCUT2D eigenvalue weighted by molar-refractivity contribution is 6.85. The molecule has 0 aliphatic heterocycles. The summed E-state index contributed by atoms with van der Waals surface area (Å²) >= 11 is 0. The first-order chi connectivity index (χ1) is 16.3. The van der Waals surface area contributed by atoms with Crippen LogP contribution in [0.5, 0.6) is 0 Å². The summed E-state index contributed by atoms with van der Waals surface area (Å²) in [5.41, 5.74) is 2.60. The van der Waals surface area contributed by atoms with Crippen molar-refractivity contribution in [1.82, 2.24) is 0 Å². The summed E-state index contributed by atoms with van der Waals surface area (Å²) in [6.45, 7) is 35.9. The summed E-state index contributed by atoms with van der Waals surface area (Å²) in [7, 11) is -4.06. The van der Waals surface area contributed by atoms with Crippen molar-refractivity contribution < 1.29 is 19.1 Å². The Balaban J connectivity index is 5.99. The summed E-state index contributed by atoms with van der Waals surface area (Å²) < 4.78 is 12.4. The lowest BCUT2D eigenvalue weighted by atomic mass is 10.2. The Bertz CT molecular complexity index is 617. The minimum Gasteiger partial charge on any atom is -0.463 e. The molecule has 0 aromatic rings. The predicted molar refractivity (Wildman–Crippen MR) is 161 cm³/mol. The first-order valence-electron chi connectivity index (χ1n) is 14.4. The van der Waals surface area contributed by atoms with Crippen LogP contribution in [0.15, 0.2) is 12.2 Å². The Morgan fingerprint density at radius 2 is 0.639 bits per heavy atom. The average Bonchev–Trinajstić information content (AvgIpc) is 2.69. The average molecular weight is 541 g/mol. The SMILES string of the molecule is CC(C)C(OC(=O)/C=C\C(=O)OC(C(C)C)[Si](C(C)C)(C(C)C)C(C)C)[Si](C(C)C)(C(C)C)C(C)C. The molecular formula is C30H60O4Si2. The van der Waals surface area contributed by atoms with E-state index in [1.54, 1.807) is 0 Å².